The molecule has 0 aliphatic heterocycles. The summed E-state index contributed by atoms with van der Waals surface area (Å²) in [6.07, 6.45) is 4.43. The molecule has 0 bridgehead atoms. The predicted molar refractivity (Wildman–Crippen MR) is 150 cm³/mol. The first-order chi connectivity index (χ1) is 17.7. The first kappa shape index (κ1) is 25.6. The van der Waals surface area contributed by atoms with E-state index in [-0.39, 0.29) is 6.42 Å². The van der Waals surface area contributed by atoms with E-state index in [4.69, 9.17) is 5.11 Å². The van der Waals surface area contributed by atoms with Crippen LogP contribution in [0.15, 0.2) is 119 Å². The van der Waals surface area contributed by atoms with Gasteiger partial charge in [-0.05, 0) is 72.7 Å². The zero-order valence-corrected chi connectivity index (χ0v) is 21.4. The monoisotopic (exact) mass is 495 g/mol. The Morgan fingerprint density at radius 2 is 1.22 bits per heavy atom. The molecule has 0 saturated heterocycles. The molecule has 0 aliphatic rings. The first-order valence-electron chi connectivity index (χ1n) is 12.6. The molecule has 4 aromatic rings. The van der Waals surface area contributed by atoms with Crippen molar-refractivity contribution >= 4 is 23.4 Å². The van der Waals surface area contributed by atoms with Crippen LogP contribution >= 0.6 is 11.8 Å². The maximum Gasteiger partial charge on any atom is 0.307 e. The SMILES string of the molecule is O=C(O)Cc1ccc(Sc2cccc(N(CCCc3ccccc3)CCCc3ccccc3)c2)cc1. The highest BCUT2D eigenvalue weighted by atomic mass is 32.2. The Kier molecular flexibility index (Phi) is 9.63. The molecule has 0 heterocycles. The van der Waals surface area contributed by atoms with Crippen LogP contribution in [0.2, 0.25) is 0 Å². The quantitative estimate of drug-likeness (QED) is 0.208. The van der Waals surface area contributed by atoms with Crippen LogP contribution in [0.5, 0.6) is 0 Å². The number of nitrogens with zero attached hydrogens (tertiary/aromatic N) is 1. The van der Waals surface area contributed by atoms with Crippen LogP contribution in [0.3, 0.4) is 0 Å². The maximum atomic E-state index is 10.9. The molecule has 0 aromatic heterocycles. The number of carbonyl (C=O) groups is 1. The van der Waals surface area contributed by atoms with Gasteiger partial charge in [0.15, 0.2) is 0 Å². The first-order valence-corrected chi connectivity index (χ1v) is 13.4. The van der Waals surface area contributed by atoms with E-state index < -0.39 is 5.97 Å². The molecule has 0 unspecified atom stereocenters. The van der Waals surface area contributed by atoms with Crippen molar-refractivity contribution in [2.75, 3.05) is 18.0 Å². The van der Waals surface area contributed by atoms with E-state index in [1.54, 1.807) is 11.8 Å². The lowest BCUT2D eigenvalue weighted by molar-refractivity contribution is -0.136. The third-order valence-corrected chi connectivity index (χ3v) is 7.17. The van der Waals surface area contributed by atoms with E-state index in [2.05, 4.69) is 89.8 Å². The lowest BCUT2D eigenvalue weighted by atomic mass is 10.1. The molecule has 4 aromatic carbocycles. The number of aryl methyl sites for hydroxylation is 2. The molecular weight excluding hydrogens is 462 g/mol. The highest BCUT2D eigenvalue weighted by molar-refractivity contribution is 7.99. The van der Waals surface area contributed by atoms with Gasteiger partial charge in [0.25, 0.3) is 0 Å². The zero-order valence-electron chi connectivity index (χ0n) is 20.6. The zero-order chi connectivity index (χ0) is 25.0. The Morgan fingerprint density at radius 3 is 1.78 bits per heavy atom. The third-order valence-electron chi connectivity index (χ3n) is 6.17. The average molecular weight is 496 g/mol. The highest BCUT2D eigenvalue weighted by Gasteiger charge is 2.09. The second kappa shape index (κ2) is 13.6. The molecule has 3 nitrogen and oxygen atoms in total. The fourth-order valence-electron chi connectivity index (χ4n) is 4.34. The predicted octanol–water partition coefficient (Wildman–Crippen LogP) is 7.54. The van der Waals surface area contributed by atoms with Gasteiger partial charge in [-0.3, -0.25) is 4.79 Å². The number of anilines is 1. The van der Waals surface area contributed by atoms with Crippen molar-refractivity contribution in [3.05, 3.63) is 126 Å². The molecule has 184 valence electrons. The summed E-state index contributed by atoms with van der Waals surface area (Å²) in [4.78, 5) is 15.8. The topological polar surface area (TPSA) is 40.5 Å². The smallest absolute Gasteiger partial charge is 0.307 e. The number of carboxylic acids is 1. The number of hydrogen-bond acceptors (Lipinski definition) is 3. The van der Waals surface area contributed by atoms with Crippen LogP contribution < -0.4 is 4.90 Å². The third kappa shape index (κ3) is 8.31. The number of carboxylic acid groups (broad SMARTS) is 1. The van der Waals surface area contributed by atoms with Crippen LogP contribution in [0.1, 0.15) is 29.5 Å². The lowest BCUT2D eigenvalue weighted by Crippen LogP contribution is -2.26. The Labute approximate surface area is 218 Å². The summed E-state index contributed by atoms with van der Waals surface area (Å²) >= 11 is 1.71. The summed E-state index contributed by atoms with van der Waals surface area (Å²) in [5.74, 6) is -0.803. The van der Waals surface area contributed by atoms with Crippen LogP contribution in [-0.2, 0) is 24.1 Å². The van der Waals surface area contributed by atoms with E-state index in [1.165, 1.54) is 21.7 Å². The van der Waals surface area contributed by atoms with E-state index in [0.29, 0.717) is 0 Å². The lowest BCUT2D eigenvalue weighted by Gasteiger charge is -2.25. The average Bonchev–Trinajstić information content (AvgIpc) is 2.90. The fourth-order valence-corrected chi connectivity index (χ4v) is 5.21. The van der Waals surface area contributed by atoms with Crippen molar-refractivity contribution in [2.45, 2.75) is 41.9 Å². The molecule has 4 rings (SSSR count). The summed E-state index contributed by atoms with van der Waals surface area (Å²) in [6, 6.07) is 38.0. The Morgan fingerprint density at radius 1 is 0.639 bits per heavy atom. The minimum absolute atomic E-state index is 0.0569. The van der Waals surface area contributed by atoms with Gasteiger partial charge in [0.2, 0.25) is 0 Å². The summed E-state index contributed by atoms with van der Waals surface area (Å²) in [7, 11) is 0. The molecule has 0 amide bonds. The Balaban J connectivity index is 1.42. The van der Waals surface area contributed by atoms with Crippen molar-refractivity contribution in [3.8, 4) is 0 Å². The summed E-state index contributed by atoms with van der Waals surface area (Å²) in [5, 5.41) is 9.00. The van der Waals surface area contributed by atoms with Gasteiger partial charge < -0.3 is 10.0 Å². The molecule has 0 aliphatic carbocycles. The molecule has 0 fully saturated rings. The van der Waals surface area contributed by atoms with Crippen molar-refractivity contribution in [1.82, 2.24) is 0 Å². The molecule has 0 atom stereocenters. The number of benzene rings is 4. The standard InChI is InChI=1S/C32H33NO2S/c34-32(35)24-28-18-20-30(21-19-28)36-31-17-7-16-29(25-31)33(22-8-14-26-10-3-1-4-11-26)23-9-15-27-12-5-2-6-13-27/h1-7,10-13,16-21,25H,8-9,14-15,22-24H2,(H,34,35). The molecule has 0 spiro atoms. The van der Waals surface area contributed by atoms with E-state index in [0.717, 1.165) is 49.2 Å². The molecule has 0 saturated carbocycles. The van der Waals surface area contributed by atoms with Crippen LogP contribution in [0.4, 0.5) is 5.69 Å². The van der Waals surface area contributed by atoms with Gasteiger partial charge >= 0.3 is 5.97 Å². The van der Waals surface area contributed by atoms with Gasteiger partial charge in [-0.15, -0.1) is 0 Å². The second-order valence-corrected chi connectivity index (χ2v) is 10.1. The van der Waals surface area contributed by atoms with Crippen molar-refractivity contribution in [1.29, 1.82) is 0 Å². The highest BCUT2D eigenvalue weighted by Crippen LogP contribution is 2.31. The molecule has 36 heavy (non-hydrogen) atoms. The maximum absolute atomic E-state index is 10.9. The van der Waals surface area contributed by atoms with Gasteiger partial charge in [0, 0.05) is 28.6 Å². The fraction of sp³-hybridized carbons (Fsp3) is 0.219. The number of aliphatic carboxylic acids is 1. The molecule has 4 heteroatoms. The minimum atomic E-state index is -0.803. The van der Waals surface area contributed by atoms with E-state index in [9.17, 15) is 4.79 Å². The van der Waals surface area contributed by atoms with Crippen molar-refractivity contribution in [2.24, 2.45) is 0 Å². The van der Waals surface area contributed by atoms with Crippen LogP contribution in [0, 0.1) is 0 Å². The summed E-state index contributed by atoms with van der Waals surface area (Å²) in [5.41, 5.74) is 4.85. The molecule has 0 radical (unpaired) electrons. The molecular formula is C32H33NO2S. The van der Waals surface area contributed by atoms with Crippen LogP contribution in [-0.4, -0.2) is 24.2 Å². The van der Waals surface area contributed by atoms with Gasteiger partial charge in [-0.25, -0.2) is 0 Å². The van der Waals surface area contributed by atoms with Crippen molar-refractivity contribution in [3.63, 3.8) is 0 Å². The Bertz CT molecular complexity index is 1160. The summed E-state index contributed by atoms with van der Waals surface area (Å²) in [6.45, 7) is 2.03. The van der Waals surface area contributed by atoms with Crippen LogP contribution in [0.25, 0.3) is 0 Å². The largest absolute Gasteiger partial charge is 0.481 e. The van der Waals surface area contributed by atoms with Gasteiger partial charge in [-0.1, -0.05) is 90.6 Å². The van der Waals surface area contributed by atoms with Gasteiger partial charge in [-0.2, -0.15) is 0 Å². The van der Waals surface area contributed by atoms with Crippen molar-refractivity contribution < 1.29 is 9.90 Å². The number of hydrogen-bond donors (Lipinski definition) is 1. The van der Waals surface area contributed by atoms with E-state index in [1.807, 2.05) is 24.3 Å². The summed E-state index contributed by atoms with van der Waals surface area (Å²) < 4.78 is 0. The number of rotatable bonds is 13. The Hall–Kier alpha value is -3.50. The minimum Gasteiger partial charge on any atom is -0.481 e. The van der Waals surface area contributed by atoms with E-state index >= 15 is 0 Å². The van der Waals surface area contributed by atoms with Gasteiger partial charge in [0.05, 0.1) is 6.42 Å². The second-order valence-electron chi connectivity index (χ2n) is 8.98. The van der Waals surface area contributed by atoms with Gasteiger partial charge in [0.1, 0.15) is 0 Å². The molecule has 1 N–H and O–H groups in total. The normalized spacial score (nSPS) is 10.8.